The van der Waals surface area contributed by atoms with Crippen molar-refractivity contribution < 1.29 is 9.47 Å². The highest BCUT2D eigenvalue weighted by Crippen LogP contribution is 2.44. The van der Waals surface area contributed by atoms with Gasteiger partial charge in [0.05, 0.1) is 22.3 Å². The molecule has 6 heteroatoms. The second-order valence-electron chi connectivity index (χ2n) is 14.3. The first-order valence-corrected chi connectivity index (χ1v) is 16.2. The molecule has 242 valence electrons. The van der Waals surface area contributed by atoms with Gasteiger partial charge in [0, 0.05) is 17.0 Å². The van der Waals surface area contributed by atoms with Crippen molar-refractivity contribution in [2.45, 2.75) is 91.9 Å². The summed E-state index contributed by atoms with van der Waals surface area (Å²) in [4.78, 5) is 0. The Morgan fingerprint density at radius 1 is 0.562 bits per heavy atom. The van der Waals surface area contributed by atoms with Crippen molar-refractivity contribution in [2.24, 2.45) is 0 Å². The summed E-state index contributed by atoms with van der Waals surface area (Å²) in [5.41, 5.74) is 7.48. The van der Waals surface area contributed by atoms with Crippen LogP contribution in [0.4, 0.5) is 0 Å². The van der Waals surface area contributed by atoms with Crippen LogP contribution in [-0.2, 0) is 10.8 Å². The lowest BCUT2D eigenvalue weighted by atomic mass is 9.76. The molecule has 0 radical (unpaired) electrons. The van der Waals surface area contributed by atoms with Gasteiger partial charge in [-0.15, -0.1) is 0 Å². The summed E-state index contributed by atoms with van der Waals surface area (Å²) in [5, 5.41) is 37.9. The molecule has 0 saturated heterocycles. The van der Waals surface area contributed by atoms with Gasteiger partial charge in [-0.3, -0.25) is 0 Å². The number of nitriles is 4. The number of hydrogen-bond donors (Lipinski definition) is 0. The molecule has 0 saturated carbocycles. The molecule has 6 nitrogen and oxygen atoms in total. The van der Waals surface area contributed by atoms with Gasteiger partial charge in [0.1, 0.15) is 47.3 Å². The molecule has 0 aliphatic rings. The van der Waals surface area contributed by atoms with Crippen LogP contribution in [0.3, 0.4) is 0 Å². The summed E-state index contributed by atoms with van der Waals surface area (Å²) in [6.45, 7) is 19.4. The van der Waals surface area contributed by atoms with Gasteiger partial charge >= 0.3 is 0 Å². The van der Waals surface area contributed by atoms with Crippen LogP contribution in [0.25, 0.3) is 0 Å². The number of aryl methyl sites for hydroxylation is 2. The SMILES string of the molecule is CCCC(c1cc(C(C)(C)C)c(Oc2ccc(C#N)c(C#N)c2)cc1C)c1cc(C(C)(C)C)c(Oc2ccc(C#N)c(C#N)c2)cc1C. The third kappa shape index (κ3) is 7.52. The molecule has 0 unspecified atom stereocenters. The van der Waals surface area contributed by atoms with Gasteiger partial charge in [-0.2, -0.15) is 21.0 Å². The molecule has 0 amide bonds. The molecule has 48 heavy (non-hydrogen) atoms. The van der Waals surface area contributed by atoms with Crippen LogP contribution >= 0.6 is 0 Å². The van der Waals surface area contributed by atoms with Crippen LogP contribution < -0.4 is 9.47 Å². The van der Waals surface area contributed by atoms with Gasteiger partial charge in [0.25, 0.3) is 0 Å². The van der Waals surface area contributed by atoms with E-state index < -0.39 is 0 Å². The fraction of sp³-hybridized carbons (Fsp3) is 0.333. The van der Waals surface area contributed by atoms with E-state index in [1.165, 1.54) is 11.1 Å². The predicted octanol–water partition coefficient (Wildman–Crippen LogP) is 10.9. The number of rotatable bonds is 8. The molecule has 0 N–H and O–H groups in total. The van der Waals surface area contributed by atoms with Gasteiger partial charge in [-0.05, 0) is 102 Å². The minimum atomic E-state index is -0.244. The highest BCUT2D eigenvalue weighted by atomic mass is 16.5. The van der Waals surface area contributed by atoms with Gasteiger partial charge in [0.2, 0.25) is 0 Å². The smallest absolute Gasteiger partial charge is 0.131 e. The Balaban J connectivity index is 1.85. The Hall–Kier alpha value is -5.56. The third-order valence-corrected chi connectivity index (χ3v) is 8.60. The zero-order valence-corrected chi connectivity index (χ0v) is 29.4. The topological polar surface area (TPSA) is 114 Å². The van der Waals surface area contributed by atoms with E-state index in [1.807, 2.05) is 0 Å². The van der Waals surface area contributed by atoms with E-state index in [0.717, 1.165) is 46.6 Å². The molecule has 0 bridgehead atoms. The molecule has 0 fully saturated rings. The quantitative estimate of drug-likeness (QED) is 0.190. The molecule has 0 atom stereocenters. The molecule has 4 rings (SSSR count). The normalized spacial score (nSPS) is 11.3. The number of nitrogens with zero attached hydrogens (tertiary/aromatic N) is 4. The summed E-state index contributed by atoms with van der Waals surface area (Å²) in [7, 11) is 0. The minimum absolute atomic E-state index is 0.112. The van der Waals surface area contributed by atoms with Crippen molar-refractivity contribution in [3.05, 3.63) is 116 Å². The minimum Gasteiger partial charge on any atom is -0.457 e. The zero-order valence-electron chi connectivity index (χ0n) is 29.4. The van der Waals surface area contributed by atoms with Crippen molar-refractivity contribution in [3.8, 4) is 47.3 Å². The lowest BCUT2D eigenvalue weighted by Crippen LogP contribution is -2.17. The second kappa shape index (κ2) is 14.1. The predicted molar refractivity (Wildman–Crippen MR) is 188 cm³/mol. The Morgan fingerprint density at radius 2 is 0.938 bits per heavy atom. The summed E-state index contributed by atoms with van der Waals surface area (Å²) < 4.78 is 12.9. The van der Waals surface area contributed by atoms with E-state index >= 15 is 0 Å². The maximum Gasteiger partial charge on any atom is 0.131 e. The van der Waals surface area contributed by atoms with Gasteiger partial charge in [0.15, 0.2) is 0 Å². The van der Waals surface area contributed by atoms with E-state index in [-0.39, 0.29) is 27.9 Å². The Labute approximate surface area is 285 Å². The lowest BCUT2D eigenvalue weighted by molar-refractivity contribution is 0.453. The maximum absolute atomic E-state index is 9.56. The molecular weight excluding hydrogens is 592 g/mol. The van der Waals surface area contributed by atoms with E-state index in [2.05, 4.69) is 111 Å². The maximum atomic E-state index is 9.56. The van der Waals surface area contributed by atoms with E-state index in [1.54, 1.807) is 36.4 Å². The van der Waals surface area contributed by atoms with Gasteiger partial charge in [-0.1, -0.05) is 67.0 Å². The first kappa shape index (κ1) is 35.3. The molecule has 0 aliphatic carbocycles. The van der Waals surface area contributed by atoms with E-state index in [9.17, 15) is 21.0 Å². The van der Waals surface area contributed by atoms with Crippen LogP contribution in [-0.4, -0.2) is 0 Å². The lowest BCUT2D eigenvalue weighted by Gasteiger charge is -2.30. The van der Waals surface area contributed by atoms with Crippen molar-refractivity contribution in [1.82, 2.24) is 0 Å². The fourth-order valence-corrected chi connectivity index (χ4v) is 6.06. The Morgan fingerprint density at radius 3 is 1.25 bits per heavy atom. The standard InChI is InChI=1S/C42H42N4O2/c1-10-11-34(35-20-37(41(4,5)6)39(16-26(35)2)47-32-14-12-28(22-43)30(18-32)24-45)36-21-38(42(7,8)9)40(17-27(36)3)48-33-15-13-29(23-44)31(19-33)25-46/h12-21,34H,10-11H2,1-9H3. The molecule has 0 spiro atoms. The number of hydrogen-bond acceptors (Lipinski definition) is 6. The molecule has 0 aliphatic heterocycles. The monoisotopic (exact) mass is 634 g/mol. The number of benzene rings is 4. The first-order valence-electron chi connectivity index (χ1n) is 16.2. The van der Waals surface area contributed by atoms with Crippen molar-refractivity contribution in [2.75, 3.05) is 0 Å². The summed E-state index contributed by atoms with van der Waals surface area (Å²) in [6, 6.07) is 27.0. The molecule has 4 aromatic rings. The van der Waals surface area contributed by atoms with Gasteiger partial charge < -0.3 is 9.47 Å². The fourth-order valence-electron chi connectivity index (χ4n) is 6.06. The molecular formula is C42H42N4O2. The highest BCUT2D eigenvalue weighted by molar-refractivity contribution is 5.56. The average Bonchev–Trinajstić information content (AvgIpc) is 3.03. The zero-order chi connectivity index (χ0) is 35.4. The van der Waals surface area contributed by atoms with Crippen LogP contribution in [0, 0.1) is 59.2 Å². The van der Waals surface area contributed by atoms with Crippen LogP contribution in [0.15, 0.2) is 60.7 Å². The third-order valence-electron chi connectivity index (χ3n) is 8.60. The molecule has 4 aromatic carbocycles. The van der Waals surface area contributed by atoms with Crippen molar-refractivity contribution >= 4 is 0 Å². The van der Waals surface area contributed by atoms with Crippen molar-refractivity contribution in [3.63, 3.8) is 0 Å². The van der Waals surface area contributed by atoms with Crippen molar-refractivity contribution in [1.29, 1.82) is 21.0 Å². The van der Waals surface area contributed by atoms with Crippen LogP contribution in [0.5, 0.6) is 23.0 Å². The summed E-state index contributed by atoms with van der Waals surface area (Å²) in [6.07, 6.45) is 1.93. The largest absolute Gasteiger partial charge is 0.457 e. The first-order chi connectivity index (χ1) is 22.6. The molecule has 0 heterocycles. The Bertz CT molecular complexity index is 1890. The second-order valence-corrected chi connectivity index (χ2v) is 14.3. The average molecular weight is 635 g/mol. The molecule has 0 aromatic heterocycles. The van der Waals surface area contributed by atoms with E-state index in [0.29, 0.717) is 22.6 Å². The van der Waals surface area contributed by atoms with E-state index in [4.69, 9.17) is 9.47 Å². The number of ether oxygens (including phenoxy) is 2. The summed E-state index contributed by atoms with van der Waals surface area (Å²) in [5.74, 6) is 2.59. The van der Waals surface area contributed by atoms with Crippen LogP contribution in [0.1, 0.15) is 123 Å². The Kier molecular flexibility index (Phi) is 10.3. The summed E-state index contributed by atoms with van der Waals surface area (Å²) >= 11 is 0. The van der Waals surface area contributed by atoms with Crippen LogP contribution in [0.2, 0.25) is 0 Å². The van der Waals surface area contributed by atoms with Gasteiger partial charge in [-0.25, -0.2) is 0 Å². The highest BCUT2D eigenvalue weighted by Gasteiger charge is 2.28.